The monoisotopic (exact) mass is 355 g/mol. The van der Waals surface area contributed by atoms with Crippen molar-refractivity contribution in [3.63, 3.8) is 0 Å². The largest absolute Gasteiger partial charge is 0.486 e. The number of non-ortho nitro benzene ring substituents is 1. The van der Waals surface area contributed by atoms with Crippen molar-refractivity contribution in [2.24, 2.45) is 0 Å². The zero-order valence-electron chi connectivity index (χ0n) is 14.0. The van der Waals surface area contributed by atoms with Gasteiger partial charge in [0, 0.05) is 25.1 Å². The first-order chi connectivity index (χ1) is 12.6. The smallest absolute Gasteiger partial charge is 0.269 e. The third kappa shape index (κ3) is 3.69. The second kappa shape index (κ2) is 7.74. The number of hydrogen-bond acceptors (Lipinski definition) is 7. The van der Waals surface area contributed by atoms with Crippen molar-refractivity contribution >= 4 is 11.5 Å². The van der Waals surface area contributed by atoms with Gasteiger partial charge in [-0.3, -0.25) is 14.9 Å². The minimum Gasteiger partial charge on any atom is -0.486 e. The molecule has 1 aliphatic heterocycles. The van der Waals surface area contributed by atoms with Gasteiger partial charge in [0.1, 0.15) is 18.2 Å². The average Bonchev–Trinajstić information content (AvgIpc) is 2.88. The molecule has 0 spiro atoms. The van der Waals surface area contributed by atoms with Crippen molar-refractivity contribution in [3.8, 4) is 11.8 Å². The number of nitro groups is 1. The van der Waals surface area contributed by atoms with Crippen molar-refractivity contribution in [2.45, 2.75) is 38.1 Å². The number of hydrogen-bond donors (Lipinski definition) is 0. The van der Waals surface area contributed by atoms with E-state index in [4.69, 9.17) is 4.74 Å². The van der Waals surface area contributed by atoms with Gasteiger partial charge in [-0.15, -0.1) is 10.2 Å². The number of aryl methyl sites for hydroxylation is 1. The summed E-state index contributed by atoms with van der Waals surface area (Å²) < 4.78 is 7.24. The highest BCUT2D eigenvalue weighted by atomic mass is 16.6. The topological polar surface area (TPSA) is 124 Å². The van der Waals surface area contributed by atoms with E-state index in [1.54, 1.807) is 0 Å². The molecule has 0 radical (unpaired) electrons. The van der Waals surface area contributed by atoms with Crippen LogP contribution in [0.2, 0.25) is 0 Å². The van der Waals surface area contributed by atoms with Gasteiger partial charge in [-0.25, -0.2) is 0 Å². The van der Waals surface area contributed by atoms with Gasteiger partial charge in [-0.05, 0) is 25.0 Å². The van der Waals surface area contributed by atoms with E-state index in [1.807, 2.05) is 10.6 Å². The number of aromatic nitrogens is 3. The highest BCUT2D eigenvalue weighted by Crippen LogP contribution is 2.22. The maximum absolute atomic E-state index is 12.5. The van der Waals surface area contributed by atoms with Crippen LogP contribution in [-0.2, 0) is 17.8 Å². The Morgan fingerprint density at radius 2 is 2.08 bits per heavy atom. The number of rotatable bonds is 6. The van der Waals surface area contributed by atoms with Crippen LogP contribution in [0.4, 0.5) is 5.69 Å². The molecule has 2 heterocycles. The highest BCUT2D eigenvalue weighted by molar-refractivity contribution is 5.88. The van der Waals surface area contributed by atoms with Gasteiger partial charge < -0.3 is 9.30 Å². The fourth-order valence-electron chi connectivity index (χ4n) is 2.90. The molecule has 0 saturated carbocycles. The number of ketones is 1. The lowest BCUT2D eigenvalue weighted by Gasteiger charge is -2.11. The van der Waals surface area contributed by atoms with Gasteiger partial charge in [0.2, 0.25) is 0 Å². The normalized spacial score (nSPS) is 14.6. The van der Waals surface area contributed by atoms with Crippen LogP contribution in [0.1, 0.15) is 36.8 Å². The molecule has 0 bridgehead atoms. The van der Waals surface area contributed by atoms with Gasteiger partial charge in [-0.1, -0.05) is 6.42 Å². The molecule has 134 valence electrons. The molecule has 0 fully saturated rings. The van der Waals surface area contributed by atoms with Gasteiger partial charge in [0.05, 0.1) is 11.0 Å². The Bertz CT molecular complexity index is 853. The number of nitro benzene ring substituents is 1. The maximum Gasteiger partial charge on any atom is 0.269 e. The fraction of sp³-hybridized carbons (Fsp3) is 0.412. The molecule has 9 heteroatoms. The molecule has 9 nitrogen and oxygen atoms in total. The van der Waals surface area contributed by atoms with E-state index in [2.05, 4.69) is 10.2 Å². The lowest BCUT2D eigenvalue weighted by molar-refractivity contribution is -0.384. The quantitative estimate of drug-likeness (QED) is 0.574. The van der Waals surface area contributed by atoms with Crippen molar-refractivity contribution in [1.29, 1.82) is 5.26 Å². The van der Waals surface area contributed by atoms with Crippen LogP contribution in [0, 0.1) is 21.4 Å². The number of fused-ring (bicyclic) bond motifs is 1. The average molecular weight is 355 g/mol. The second-order valence-electron chi connectivity index (χ2n) is 6.00. The van der Waals surface area contributed by atoms with Crippen LogP contribution >= 0.6 is 0 Å². The molecule has 0 aliphatic carbocycles. The van der Waals surface area contributed by atoms with E-state index >= 15 is 0 Å². The summed E-state index contributed by atoms with van der Waals surface area (Å²) in [5.41, 5.74) is -0.0651. The lowest BCUT2D eigenvalue weighted by atomic mass is 10.1. The molecule has 1 atom stereocenters. The summed E-state index contributed by atoms with van der Waals surface area (Å²) in [7, 11) is 0. The highest BCUT2D eigenvalue weighted by Gasteiger charge is 2.28. The van der Waals surface area contributed by atoms with Crippen molar-refractivity contribution in [1.82, 2.24) is 14.8 Å². The number of Topliss-reactive ketones (excluding diaryl/α,β-unsaturated/α-hetero) is 1. The van der Waals surface area contributed by atoms with Gasteiger partial charge in [0.15, 0.2) is 17.5 Å². The molecule has 2 aromatic rings. The number of benzene rings is 1. The first kappa shape index (κ1) is 17.5. The molecule has 1 aromatic carbocycles. The summed E-state index contributed by atoms with van der Waals surface area (Å²) in [6.07, 6.45) is 3.85. The Hall–Kier alpha value is -3.28. The van der Waals surface area contributed by atoms with Crippen LogP contribution in [-0.4, -0.2) is 32.1 Å². The first-order valence-corrected chi connectivity index (χ1v) is 8.31. The third-order valence-corrected chi connectivity index (χ3v) is 4.28. The predicted molar refractivity (Wildman–Crippen MR) is 89.5 cm³/mol. The van der Waals surface area contributed by atoms with Gasteiger partial charge in [-0.2, -0.15) is 5.26 Å². The number of carbonyl (C=O) groups is 1. The predicted octanol–water partition coefficient (Wildman–Crippen LogP) is 2.17. The number of nitrogens with zero attached hydrogens (tertiary/aromatic N) is 5. The van der Waals surface area contributed by atoms with Crippen molar-refractivity contribution < 1.29 is 14.5 Å². The molecule has 1 unspecified atom stereocenters. The van der Waals surface area contributed by atoms with Crippen LogP contribution < -0.4 is 4.74 Å². The van der Waals surface area contributed by atoms with Crippen molar-refractivity contribution in [3.05, 3.63) is 46.0 Å². The summed E-state index contributed by atoms with van der Waals surface area (Å²) in [6, 6.07) is 7.40. The van der Waals surface area contributed by atoms with Crippen molar-refractivity contribution in [2.75, 3.05) is 6.61 Å². The SMILES string of the molecule is N#CC(C(=O)COc1ccc([N+](=O)[O-])cc1)c1nnc2n1CCCCC2. The molecular weight excluding hydrogens is 338 g/mol. The molecule has 0 amide bonds. The van der Waals surface area contributed by atoms with Crippen LogP contribution in [0.15, 0.2) is 24.3 Å². The number of ether oxygens (including phenoxy) is 1. The van der Waals surface area contributed by atoms with E-state index in [-0.39, 0.29) is 12.3 Å². The van der Waals surface area contributed by atoms with E-state index in [0.29, 0.717) is 18.1 Å². The Labute approximate surface area is 149 Å². The standard InChI is InChI=1S/C17H17N5O4/c18-10-14(17-20-19-16-4-2-1-3-9-21(16)17)15(23)11-26-13-7-5-12(6-8-13)22(24)25/h5-8,14H,1-4,9,11H2. The van der Waals surface area contributed by atoms with Gasteiger partial charge >= 0.3 is 0 Å². The lowest BCUT2D eigenvalue weighted by Crippen LogP contribution is -2.22. The zero-order chi connectivity index (χ0) is 18.5. The minimum absolute atomic E-state index is 0.0651. The molecule has 3 rings (SSSR count). The Morgan fingerprint density at radius 1 is 1.31 bits per heavy atom. The molecule has 1 aromatic heterocycles. The first-order valence-electron chi connectivity index (χ1n) is 8.31. The maximum atomic E-state index is 12.5. The molecule has 0 saturated heterocycles. The Balaban J connectivity index is 1.69. The van der Waals surface area contributed by atoms with E-state index in [1.165, 1.54) is 24.3 Å². The summed E-state index contributed by atoms with van der Waals surface area (Å²) in [5, 5.41) is 28.3. The Morgan fingerprint density at radius 3 is 2.77 bits per heavy atom. The van der Waals surface area contributed by atoms with E-state index in [0.717, 1.165) is 31.5 Å². The zero-order valence-corrected chi connectivity index (χ0v) is 14.0. The second-order valence-corrected chi connectivity index (χ2v) is 6.00. The van der Waals surface area contributed by atoms with Crippen LogP contribution in [0.5, 0.6) is 5.75 Å². The summed E-state index contributed by atoms with van der Waals surface area (Å²) in [4.78, 5) is 22.6. The summed E-state index contributed by atoms with van der Waals surface area (Å²) >= 11 is 0. The number of nitriles is 1. The summed E-state index contributed by atoms with van der Waals surface area (Å²) in [5.74, 6) is 0.0157. The summed E-state index contributed by atoms with van der Waals surface area (Å²) in [6.45, 7) is 0.380. The molecule has 26 heavy (non-hydrogen) atoms. The van der Waals surface area contributed by atoms with Gasteiger partial charge in [0.25, 0.3) is 5.69 Å². The third-order valence-electron chi connectivity index (χ3n) is 4.28. The molecular formula is C17H17N5O4. The van der Waals surface area contributed by atoms with Crippen LogP contribution in [0.25, 0.3) is 0 Å². The molecule has 0 N–H and O–H groups in total. The van der Waals surface area contributed by atoms with Crippen LogP contribution in [0.3, 0.4) is 0 Å². The Kier molecular flexibility index (Phi) is 5.22. The number of carbonyl (C=O) groups excluding carboxylic acids is 1. The van der Waals surface area contributed by atoms with E-state index in [9.17, 15) is 20.2 Å². The minimum atomic E-state index is -1.05. The molecule has 1 aliphatic rings. The fourth-order valence-corrected chi connectivity index (χ4v) is 2.90. The van der Waals surface area contributed by atoms with E-state index < -0.39 is 16.6 Å².